The molecule has 0 radical (unpaired) electrons. The van der Waals surface area contributed by atoms with Crippen LogP contribution in [0.1, 0.15) is 42.7 Å². The third kappa shape index (κ3) is 3.48. The summed E-state index contributed by atoms with van der Waals surface area (Å²) in [6, 6.07) is 0. The molecule has 0 saturated carbocycles. The topological polar surface area (TPSA) is 79.0 Å². The van der Waals surface area contributed by atoms with Gasteiger partial charge in [-0.15, -0.1) is 0 Å². The van der Waals surface area contributed by atoms with Crippen LogP contribution in [0.3, 0.4) is 0 Å². The van der Waals surface area contributed by atoms with Crippen molar-refractivity contribution in [2.75, 3.05) is 13.1 Å². The van der Waals surface area contributed by atoms with Gasteiger partial charge < -0.3 is 9.88 Å². The van der Waals surface area contributed by atoms with Gasteiger partial charge in [0.05, 0.1) is 17.5 Å². The monoisotopic (exact) mass is 340 g/mol. The van der Waals surface area contributed by atoms with E-state index in [-0.39, 0.29) is 11.7 Å². The molecule has 0 bridgehead atoms. The van der Waals surface area contributed by atoms with E-state index in [4.69, 9.17) is 0 Å². The molecule has 1 N–H and O–H groups in total. The van der Waals surface area contributed by atoms with E-state index in [1.807, 2.05) is 11.8 Å². The van der Waals surface area contributed by atoms with Crippen molar-refractivity contribution in [1.82, 2.24) is 19.9 Å². The normalized spacial score (nSPS) is 20.2. The van der Waals surface area contributed by atoms with E-state index in [1.54, 1.807) is 12.4 Å². The third-order valence-corrected chi connectivity index (χ3v) is 4.93. The van der Waals surface area contributed by atoms with Crippen molar-refractivity contribution in [3.63, 3.8) is 0 Å². The van der Waals surface area contributed by atoms with Crippen molar-refractivity contribution in [1.29, 1.82) is 0 Å². The molecule has 1 saturated heterocycles. The summed E-state index contributed by atoms with van der Waals surface area (Å²) in [6.07, 6.45) is 6.90. The summed E-state index contributed by atoms with van der Waals surface area (Å²) < 4.78 is 0. The van der Waals surface area contributed by atoms with Crippen LogP contribution in [-0.4, -0.2) is 44.6 Å². The molecule has 6 nitrogen and oxygen atoms in total. The standard InChI is InChI=1S/C19H24N4O2/c1-4-6-16(24)15-9-21-19-18(15)22-14(8-20-19)7-13-11-23(10-12(13)3)17(25)5-2/h5,8-9,12-13H,2,4,6-7,10-11H2,1,3H3,(H,20,21)/t12-,13+/m0/s1. The molecule has 2 aromatic heterocycles. The van der Waals surface area contributed by atoms with Gasteiger partial charge in [0.25, 0.3) is 0 Å². The number of ketones is 1. The second-order valence-electron chi connectivity index (χ2n) is 6.82. The summed E-state index contributed by atoms with van der Waals surface area (Å²) in [5, 5.41) is 0. The molecule has 132 valence electrons. The smallest absolute Gasteiger partial charge is 0.245 e. The Morgan fingerprint density at radius 2 is 2.24 bits per heavy atom. The Kier molecular flexibility index (Phi) is 4.97. The van der Waals surface area contributed by atoms with Crippen molar-refractivity contribution >= 4 is 22.9 Å². The number of carbonyl (C=O) groups is 2. The summed E-state index contributed by atoms with van der Waals surface area (Å²) in [5.41, 5.74) is 2.78. The maximum atomic E-state index is 12.2. The Balaban J connectivity index is 1.80. The lowest BCUT2D eigenvalue weighted by atomic mass is 9.93. The van der Waals surface area contributed by atoms with Gasteiger partial charge in [-0.3, -0.25) is 9.59 Å². The number of nitrogens with zero attached hydrogens (tertiary/aromatic N) is 3. The van der Waals surface area contributed by atoms with Gasteiger partial charge >= 0.3 is 0 Å². The molecule has 1 aliphatic rings. The molecular formula is C19H24N4O2. The van der Waals surface area contributed by atoms with Gasteiger partial charge in [-0.2, -0.15) is 0 Å². The fraction of sp³-hybridized carbons (Fsp3) is 0.474. The first kappa shape index (κ1) is 17.3. The molecule has 0 aromatic carbocycles. The van der Waals surface area contributed by atoms with Crippen molar-refractivity contribution in [3.8, 4) is 0 Å². The maximum absolute atomic E-state index is 12.2. The van der Waals surface area contributed by atoms with Gasteiger partial charge in [0.15, 0.2) is 11.4 Å². The molecule has 2 atom stereocenters. The zero-order chi connectivity index (χ0) is 18.0. The van der Waals surface area contributed by atoms with Gasteiger partial charge in [0, 0.05) is 25.7 Å². The number of rotatable bonds is 6. The summed E-state index contributed by atoms with van der Waals surface area (Å²) in [4.78, 5) is 38.0. The van der Waals surface area contributed by atoms with E-state index in [1.165, 1.54) is 6.08 Å². The van der Waals surface area contributed by atoms with Crippen LogP contribution in [-0.2, 0) is 11.2 Å². The number of fused-ring (bicyclic) bond motifs is 1. The minimum Gasteiger partial charge on any atom is -0.344 e. The number of hydrogen-bond donors (Lipinski definition) is 1. The first-order valence-electron chi connectivity index (χ1n) is 8.81. The Morgan fingerprint density at radius 1 is 1.44 bits per heavy atom. The molecule has 1 fully saturated rings. The number of nitrogens with one attached hydrogen (secondary N) is 1. The lowest BCUT2D eigenvalue weighted by Crippen LogP contribution is -2.27. The molecule has 0 aliphatic carbocycles. The summed E-state index contributed by atoms with van der Waals surface area (Å²) >= 11 is 0. The first-order valence-corrected chi connectivity index (χ1v) is 8.81. The van der Waals surface area contributed by atoms with Crippen LogP contribution in [0, 0.1) is 11.8 Å². The average molecular weight is 340 g/mol. The SMILES string of the molecule is C=CC(=O)N1C[C@@H](Cc2cnc3[nH]cc(C(=O)CCC)c3n2)[C@@H](C)C1. The number of H-pyrrole nitrogens is 1. The molecule has 0 spiro atoms. The molecule has 0 unspecified atom stereocenters. The van der Waals surface area contributed by atoms with Gasteiger partial charge in [-0.05, 0) is 30.8 Å². The highest BCUT2D eigenvalue weighted by Crippen LogP contribution is 2.27. The van der Waals surface area contributed by atoms with Gasteiger partial charge in [0.2, 0.25) is 5.91 Å². The second kappa shape index (κ2) is 7.17. The van der Waals surface area contributed by atoms with Crippen molar-refractivity contribution in [2.24, 2.45) is 11.8 Å². The highest BCUT2D eigenvalue weighted by molar-refractivity contribution is 6.05. The van der Waals surface area contributed by atoms with Crippen LogP contribution >= 0.6 is 0 Å². The van der Waals surface area contributed by atoms with E-state index in [0.29, 0.717) is 41.5 Å². The predicted molar refractivity (Wildman–Crippen MR) is 96.3 cm³/mol. The summed E-state index contributed by atoms with van der Waals surface area (Å²) in [6.45, 7) is 9.15. The van der Waals surface area contributed by atoms with E-state index in [2.05, 4.69) is 28.5 Å². The minimum absolute atomic E-state index is 0.0195. The van der Waals surface area contributed by atoms with E-state index >= 15 is 0 Å². The quantitative estimate of drug-likeness (QED) is 0.648. The van der Waals surface area contributed by atoms with Crippen LogP contribution < -0.4 is 0 Å². The molecule has 1 amide bonds. The van der Waals surface area contributed by atoms with E-state index in [9.17, 15) is 9.59 Å². The Morgan fingerprint density at radius 3 is 2.96 bits per heavy atom. The third-order valence-electron chi connectivity index (χ3n) is 4.93. The highest BCUT2D eigenvalue weighted by Gasteiger charge is 2.31. The lowest BCUT2D eigenvalue weighted by Gasteiger charge is -2.14. The number of Topliss-reactive ketones (excluding diaryl/α,β-unsaturated/α-hetero) is 1. The molecule has 25 heavy (non-hydrogen) atoms. The molecule has 3 rings (SSSR count). The number of aromatic amines is 1. The van der Waals surface area contributed by atoms with E-state index in [0.717, 1.165) is 25.1 Å². The molecule has 3 heterocycles. The number of aromatic nitrogens is 3. The first-order chi connectivity index (χ1) is 12.0. The Hall–Kier alpha value is -2.50. The molecule has 1 aliphatic heterocycles. The maximum Gasteiger partial charge on any atom is 0.245 e. The van der Waals surface area contributed by atoms with Crippen molar-refractivity contribution < 1.29 is 9.59 Å². The summed E-state index contributed by atoms with van der Waals surface area (Å²) in [5.74, 6) is 0.810. The van der Waals surface area contributed by atoms with E-state index < -0.39 is 0 Å². The molecule has 6 heteroatoms. The number of carbonyl (C=O) groups excluding carboxylic acids is 2. The largest absolute Gasteiger partial charge is 0.344 e. The molecular weight excluding hydrogens is 316 g/mol. The summed E-state index contributed by atoms with van der Waals surface area (Å²) in [7, 11) is 0. The van der Waals surface area contributed by atoms with Crippen LogP contribution in [0.25, 0.3) is 11.2 Å². The lowest BCUT2D eigenvalue weighted by molar-refractivity contribution is -0.125. The number of hydrogen-bond acceptors (Lipinski definition) is 4. The fourth-order valence-electron chi connectivity index (χ4n) is 3.48. The number of amides is 1. The van der Waals surface area contributed by atoms with Gasteiger partial charge in [-0.1, -0.05) is 20.4 Å². The van der Waals surface area contributed by atoms with Crippen LogP contribution in [0.5, 0.6) is 0 Å². The zero-order valence-electron chi connectivity index (χ0n) is 14.8. The fourth-order valence-corrected chi connectivity index (χ4v) is 3.48. The van der Waals surface area contributed by atoms with Crippen molar-refractivity contribution in [3.05, 3.63) is 36.3 Å². The van der Waals surface area contributed by atoms with Crippen molar-refractivity contribution in [2.45, 2.75) is 33.1 Å². The highest BCUT2D eigenvalue weighted by atomic mass is 16.2. The van der Waals surface area contributed by atoms with Gasteiger partial charge in [-0.25, -0.2) is 9.97 Å². The number of likely N-dealkylation sites (tertiary alicyclic amines) is 1. The molecule has 2 aromatic rings. The Labute approximate surface area is 147 Å². The van der Waals surface area contributed by atoms with Gasteiger partial charge in [0.1, 0.15) is 5.52 Å². The second-order valence-corrected chi connectivity index (χ2v) is 6.82. The zero-order valence-corrected chi connectivity index (χ0v) is 14.8. The Bertz CT molecular complexity index is 811. The van der Waals surface area contributed by atoms with Crippen LogP contribution in [0.4, 0.5) is 0 Å². The van der Waals surface area contributed by atoms with Crippen LogP contribution in [0.15, 0.2) is 25.0 Å². The predicted octanol–water partition coefficient (Wildman–Crippen LogP) is 2.76. The minimum atomic E-state index is -0.0195. The van der Waals surface area contributed by atoms with Crippen LogP contribution in [0.2, 0.25) is 0 Å². The average Bonchev–Trinajstić information content (AvgIpc) is 3.18.